The van der Waals surface area contributed by atoms with Crippen LogP contribution in [-0.2, 0) is 17.9 Å². The van der Waals surface area contributed by atoms with Crippen LogP contribution in [0.15, 0.2) is 36.4 Å². The Labute approximate surface area is 149 Å². The molecule has 0 aliphatic carbocycles. The van der Waals surface area contributed by atoms with Crippen molar-refractivity contribution in [2.24, 2.45) is 0 Å². The predicted molar refractivity (Wildman–Crippen MR) is 93.5 cm³/mol. The highest BCUT2D eigenvalue weighted by Gasteiger charge is 2.21. The lowest BCUT2D eigenvalue weighted by molar-refractivity contribution is -0.128. The number of aromatic carboxylic acids is 1. The Balaban J connectivity index is 1.65. The number of hydrogen-bond acceptors (Lipinski definition) is 4. The van der Waals surface area contributed by atoms with Gasteiger partial charge in [0, 0.05) is 26.1 Å². The molecular weight excluding hydrogens is 340 g/mol. The van der Waals surface area contributed by atoms with E-state index in [4.69, 9.17) is 5.11 Å². The van der Waals surface area contributed by atoms with Gasteiger partial charge < -0.3 is 15.3 Å². The van der Waals surface area contributed by atoms with E-state index in [1.54, 1.807) is 0 Å². The van der Waals surface area contributed by atoms with Crippen molar-refractivity contribution in [3.63, 3.8) is 0 Å². The highest BCUT2D eigenvalue weighted by molar-refractivity contribution is 7.15. The number of carboxylic acids is 1. The van der Waals surface area contributed by atoms with Crippen molar-refractivity contribution in [3.8, 4) is 0 Å². The Bertz CT molecular complexity index is 815. The van der Waals surface area contributed by atoms with Crippen molar-refractivity contribution in [2.45, 2.75) is 25.9 Å². The Morgan fingerprint density at radius 3 is 2.48 bits per heavy atom. The summed E-state index contributed by atoms with van der Waals surface area (Å²) in [5, 5.41) is 11.7. The van der Waals surface area contributed by atoms with Crippen LogP contribution in [0.4, 0.5) is 0 Å². The lowest BCUT2D eigenvalue weighted by Crippen LogP contribution is -2.26. The minimum atomic E-state index is -1.04. The minimum Gasteiger partial charge on any atom is -0.477 e. The molecule has 0 spiro atoms. The standard InChI is InChI=1S/C18H18N2O4S/c21-16-6-3-9-20(16)11-13-5-2-1-4-12(13)10-19-17(22)14-7-8-15(25-14)18(23)24/h1-2,4-5,7-8H,3,6,9-11H2,(H,19,22)(H,23,24). The number of amides is 2. The third kappa shape index (κ3) is 4.06. The van der Waals surface area contributed by atoms with E-state index in [0.29, 0.717) is 24.4 Å². The molecule has 0 bridgehead atoms. The highest BCUT2D eigenvalue weighted by atomic mass is 32.1. The van der Waals surface area contributed by atoms with Crippen molar-refractivity contribution in [1.29, 1.82) is 0 Å². The molecule has 1 aromatic heterocycles. The summed E-state index contributed by atoms with van der Waals surface area (Å²) in [6.45, 7) is 1.65. The number of carbonyl (C=O) groups excluding carboxylic acids is 2. The zero-order chi connectivity index (χ0) is 17.8. The molecule has 0 saturated carbocycles. The molecule has 7 heteroatoms. The van der Waals surface area contributed by atoms with Gasteiger partial charge in [-0.3, -0.25) is 9.59 Å². The smallest absolute Gasteiger partial charge is 0.345 e. The van der Waals surface area contributed by atoms with E-state index in [1.165, 1.54) is 12.1 Å². The third-order valence-electron chi connectivity index (χ3n) is 4.13. The van der Waals surface area contributed by atoms with Crippen molar-refractivity contribution in [1.82, 2.24) is 10.2 Å². The van der Waals surface area contributed by atoms with Gasteiger partial charge in [0.25, 0.3) is 5.91 Å². The molecule has 0 radical (unpaired) electrons. The van der Waals surface area contributed by atoms with Crippen LogP contribution >= 0.6 is 11.3 Å². The Morgan fingerprint density at radius 2 is 1.84 bits per heavy atom. The molecule has 25 heavy (non-hydrogen) atoms. The normalized spacial score (nSPS) is 13.9. The molecule has 0 unspecified atom stereocenters. The van der Waals surface area contributed by atoms with Crippen molar-refractivity contribution in [2.75, 3.05) is 6.54 Å². The fourth-order valence-electron chi connectivity index (χ4n) is 2.80. The topological polar surface area (TPSA) is 86.7 Å². The van der Waals surface area contributed by atoms with Crippen LogP contribution in [0.2, 0.25) is 0 Å². The first-order valence-electron chi connectivity index (χ1n) is 8.00. The second-order valence-electron chi connectivity index (χ2n) is 5.84. The molecule has 1 aliphatic rings. The Hall–Kier alpha value is -2.67. The molecule has 6 nitrogen and oxygen atoms in total. The molecule has 1 saturated heterocycles. The van der Waals surface area contributed by atoms with Gasteiger partial charge in [0.05, 0.1) is 4.88 Å². The number of carboxylic acid groups (broad SMARTS) is 1. The number of nitrogens with zero attached hydrogens (tertiary/aromatic N) is 1. The second-order valence-corrected chi connectivity index (χ2v) is 6.92. The molecule has 2 N–H and O–H groups in total. The van der Waals surface area contributed by atoms with E-state index in [1.807, 2.05) is 29.2 Å². The Morgan fingerprint density at radius 1 is 1.12 bits per heavy atom. The van der Waals surface area contributed by atoms with Gasteiger partial charge in [-0.05, 0) is 29.7 Å². The molecule has 1 fully saturated rings. The monoisotopic (exact) mass is 358 g/mol. The number of nitrogens with one attached hydrogen (secondary N) is 1. The maximum atomic E-state index is 12.2. The van der Waals surface area contributed by atoms with E-state index in [0.717, 1.165) is 35.4 Å². The summed E-state index contributed by atoms with van der Waals surface area (Å²) in [4.78, 5) is 37.2. The second kappa shape index (κ2) is 7.48. The maximum absolute atomic E-state index is 12.2. The Kier molecular flexibility index (Phi) is 5.14. The largest absolute Gasteiger partial charge is 0.477 e. The summed E-state index contributed by atoms with van der Waals surface area (Å²) < 4.78 is 0. The van der Waals surface area contributed by atoms with E-state index in [-0.39, 0.29) is 16.7 Å². The van der Waals surface area contributed by atoms with Gasteiger partial charge in [0.1, 0.15) is 4.88 Å². The fourth-order valence-corrected chi connectivity index (χ4v) is 3.56. The lowest BCUT2D eigenvalue weighted by atomic mass is 10.1. The molecule has 2 heterocycles. The maximum Gasteiger partial charge on any atom is 0.345 e. The third-order valence-corrected chi connectivity index (χ3v) is 5.20. The summed E-state index contributed by atoms with van der Waals surface area (Å²) in [5.41, 5.74) is 1.96. The van der Waals surface area contributed by atoms with Crippen LogP contribution in [0.1, 0.15) is 43.3 Å². The van der Waals surface area contributed by atoms with Gasteiger partial charge in [-0.1, -0.05) is 24.3 Å². The van der Waals surface area contributed by atoms with Gasteiger partial charge in [-0.2, -0.15) is 0 Å². The van der Waals surface area contributed by atoms with Gasteiger partial charge in [-0.25, -0.2) is 4.79 Å². The molecule has 3 rings (SSSR count). The SMILES string of the molecule is O=C(O)c1ccc(C(=O)NCc2ccccc2CN2CCCC2=O)s1. The molecule has 0 atom stereocenters. The number of likely N-dealkylation sites (tertiary alicyclic amines) is 1. The summed E-state index contributed by atoms with van der Waals surface area (Å²) in [6, 6.07) is 10.6. The first-order valence-corrected chi connectivity index (χ1v) is 8.82. The lowest BCUT2D eigenvalue weighted by Gasteiger charge is -2.18. The van der Waals surface area contributed by atoms with E-state index in [9.17, 15) is 14.4 Å². The number of hydrogen-bond donors (Lipinski definition) is 2. The number of benzene rings is 1. The number of thiophene rings is 1. The van der Waals surface area contributed by atoms with Crippen LogP contribution < -0.4 is 5.32 Å². The van der Waals surface area contributed by atoms with E-state index in [2.05, 4.69) is 5.32 Å². The highest BCUT2D eigenvalue weighted by Crippen LogP contribution is 2.19. The predicted octanol–water partition coefficient (Wildman–Crippen LogP) is 2.50. The molecule has 1 aromatic carbocycles. The molecule has 130 valence electrons. The number of rotatable bonds is 6. The number of carbonyl (C=O) groups is 3. The average molecular weight is 358 g/mol. The van der Waals surface area contributed by atoms with E-state index >= 15 is 0 Å². The average Bonchev–Trinajstić information content (AvgIpc) is 3.24. The van der Waals surface area contributed by atoms with Gasteiger partial charge >= 0.3 is 5.97 Å². The quantitative estimate of drug-likeness (QED) is 0.831. The van der Waals surface area contributed by atoms with Crippen LogP contribution in [0.5, 0.6) is 0 Å². The summed E-state index contributed by atoms with van der Waals surface area (Å²) in [6.07, 6.45) is 1.49. The first-order chi connectivity index (χ1) is 12.0. The van der Waals surface area contributed by atoms with Crippen LogP contribution in [-0.4, -0.2) is 34.3 Å². The van der Waals surface area contributed by atoms with Crippen LogP contribution in [0.3, 0.4) is 0 Å². The van der Waals surface area contributed by atoms with Crippen LogP contribution in [0.25, 0.3) is 0 Å². The van der Waals surface area contributed by atoms with Crippen molar-refractivity contribution in [3.05, 3.63) is 57.3 Å². The molecular formula is C18H18N2O4S. The van der Waals surface area contributed by atoms with Gasteiger partial charge in [-0.15, -0.1) is 11.3 Å². The van der Waals surface area contributed by atoms with E-state index < -0.39 is 5.97 Å². The van der Waals surface area contributed by atoms with Gasteiger partial charge in [0.15, 0.2) is 0 Å². The molecule has 2 amide bonds. The zero-order valence-electron chi connectivity index (χ0n) is 13.5. The first kappa shape index (κ1) is 17.2. The van der Waals surface area contributed by atoms with Crippen molar-refractivity contribution >= 4 is 29.1 Å². The summed E-state index contributed by atoms with van der Waals surface area (Å²) in [5.74, 6) is -1.17. The summed E-state index contributed by atoms with van der Waals surface area (Å²) in [7, 11) is 0. The summed E-state index contributed by atoms with van der Waals surface area (Å²) >= 11 is 0.950. The molecule has 2 aromatic rings. The van der Waals surface area contributed by atoms with Crippen molar-refractivity contribution < 1.29 is 19.5 Å². The zero-order valence-corrected chi connectivity index (χ0v) is 14.3. The van der Waals surface area contributed by atoms with Crippen LogP contribution in [0, 0.1) is 0 Å². The minimum absolute atomic E-state index is 0.137. The fraction of sp³-hybridized carbons (Fsp3) is 0.278. The van der Waals surface area contributed by atoms with Gasteiger partial charge in [0.2, 0.25) is 5.91 Å². The molecule has 1 aliphatic heterocycles.